The number of esters is 1. The molecule has 33 heavy (non-hydrogen) atoms. The van der Waals surface area contributed by atoms with E-state index < -0.39 is 50.6 Å². The third-order valence-electron chi connectivity index (χ3n) is 5.03. The zero-order chi connectivity index (χ0) is 24.3. The van der Waals surface area contributed by atoms with E-state index in [4.69, 9.17) is 16.3 Å². The van der Waals surface area contributed by atoms with Crippen LogP contribution in [0.25, 0.3) is 0 Å². The molecule has 0 radical (unpaired) electrons. The number of hydrogen-bond acceptors (Lipinski definition) is 6. The number of rotatable bonds is 5. The third-order valence-corrected chi connectivity index (χ3v) is 7.20. The predicted molar refractivity (Wildman–Crippen MR) is 115 cm³/mol. The van der Waals surface area contributed by atoms with E-state index >= 15 is 0 Å². The first-order valence-corrected chi connectivity index (χ1v) is 11.7. The number of carbonyl (C=O) groups excluding carboxylic acids is 2. The number of hydrogen-bond donors (Lipinski definition) is 2. The minimum atomic E-state index is -4.44. The summed E-state index contributed by atoms with van der Waals surface area (Å²) in [6.07, 6.45) is -1.74. The van der Waals surface area contributed by atoms with Gasteiger partial charge in [0.2, 0.25) is 10.0 Å². The molecule has 2 aromatic carbocycles. The number of benzene rings is 2. The highest BCUT2D eigenvalue weighted by Gasteiger charge is 2.36. The fourth-order valence-corrected chi connectivity index (χ4v) is 5.14. The monoisotopic (exact) mass is 502 g/mol. The first kappa shape index (κ1) is 25.0. The summed E-state index contributed by atoms with van der Waals surface area (Å²) in [5.41, 5.74) is -0.00678. The summed E-state index contributed by atoms with van der Waals surface area (Å²) in [4.78, 5) is 23.2. The number of anilines is 1. The number of aliphatic hydroxyl groups excluding tert-OH is 1. The SMILES string of the molecule is CC(=O)O[C@H]1CN(S(=O)(=O)c2cc(C(=O)Nc3ccc(F)c(Cl)c3)ccc2F)CCC[C@H]1O. The Morgan fingerprint density at radius 2 is 1.88 bits per heavy atom. The van der Waals surface area contributed by atoms with E-state index in [0.29, 0.717) is 0 Å². The Bertz CT molecular complexity index is 1180. The van der Waals surface area contributed by atoms with Crippen LogP contribution >= 0.6 is 11.6 Å². The van der Waals surface area contributed by atoms with Gasteiger partial charge in [-0.15, -0.1) is 0 Å². The second-order valence-corrected chi connectivity index (χ2v) is 9.76. The lowest BCUT2D eigenvalue weighted by Crippen LogP contribution is -2.42. The number of nitrogens with zero attached hydrogens (tertiary/aromatic N) is 1. The maximum absolute atomic E-state index is 14.6. The number of amides is 1. The van der Waals surface area contributed by atoms with Gasteiger partial charge in [-0.3, -0.25) is 9.59 Å². The van der Waals surface area contributed by atoms with Gasteiger partial charge in [0.25, 0.3) is 5.91 Å². The highest BCUT2D eigenvalue weighted by atomic mass is 35.5. The fraction of sp³-hybridized carbons (Fsp3) is 0.333. The van der Waals surface area contributed by atoms with Crippen molar-refractivity contribution in [3.63, 3.8) is 0 Å². The van der Waals surface area contributed by atoms with E-state index in [9.17, 15) is 31.9 Å². The van der Waals surface area contributed by atoms with Crippen molar-refractivity contribution in [3.8, 4) is 0 Å². The molecule has 2 atom stereocenters. The van der Waals surface area contributed by atoms with Crippen molar-refractivity contribution in [2.45, 2.75) is 36.9 Å². The Labute approximate surface area is 194 Å². The number of aliphatic hydroxyl groups is 1. The molecular weight excluding hydrogens is 482 g/mol. The van der Waals surface area contributed by atoms with Gasteiger partial charge in [-0.2, -0.15) is 4.31 Å². The molecule has 178 valence electrons. The third kappa shape index (κ3) is 5.85. The average molecular weight is 503 g/mol. The van der Waals surface area contributed by atoms with Gasteiger partial charge in [-0.1, -0.05) is 11.6 Å². The van der Waals surface area contributed by atoms with Gasteiger partial charge in [-0.05, 0) is 49.2 Å². The Morgan fingerprint density at radius 3 is 2.55 bits per heavy atom. The number of halogens is 3. The lowest BCUT2D eigenvalue weighted by Gasteiger charge is -2.25. The van der Waals surface area contributed by atoms with Crippen LogP contribution in [0.4, 0.5) is 14.5 Å². The van der Waals surface area contributed by atoms with Gasteiger partial charge < -0.3 is 15.2 Å². The molecule has 1 fully saturated rings. The summed E-state index contributed by atoms with van der Waals surface area (Å²) in [6.45, 7) is 0.723. The van der Waals surface area contributed by atoms with E-state index in [0.717, 1.165) is 35.5 Å². The van der Waals surface area contributed by atoms with Crippen LogP contribution < -0.4 is 5.32 Å². The second kappa shape index (κ2) is 10.1. The van der Waals surface area contributed by atoms with E-state index in [2.05, 4.69) is 5.32 Å². The van der Waals surface area contributed by atoms with Crippen LogP contribution in [0.15, 0.2) is 41.3 Å². The average Bonchev–Trinajstić information content (AvgIpc) is 2.92. The zero-order valence-electron chi connectivity index (χ0n) is 17.4. The van der Waals surface area contributed by atoms with Gasteiger partial charge in [0, 0.05) is 24.7 Å². The van der Waals surface area contributed by atoms with Gasteiger partial charge in [0.05, 0.1) is 17.7 Å². The first-order chi connectivity index (χ1) is 15.5. The minimum Gasteiger partial charge on any atom is -0.458 e. The molecule has 0 aromatic heterocycles. The van der Waals surface area contributed by atoms with Crippen LogP contribution in [0, 0.1) is 11.6 Å². The van der Waals surface area contributed by atoms with Crippen molar-refractivity contribution in [1.82, 2.24) is 4.31 Å². The molecule has 2 aromatic rings. The molecule has 0 spiro atoms. The van der Waals surface area contributed by atoms with Crippen molar-refractivity contribution in [2.24, 2.45) is 0 Å². The van der Waals surface area contributed by atoms with Crippen molar-refractivity contribution in [2.75, 3.05) is 18.4 Å². The normalized spacial score (nSPS) is 19.5. The summed E-state index contributed by atoms with van der Waals surface area (Å²) in [5, 5.41) is 12.4. The quantitative estimate of drug-likeness (QED) is 0.608. The van der Waals surface area contributed by atoms with Crippen LogP contribution in [0.3, 0.4) is 0 Å². The Kier molecular flexibility index (Phi) is 7.68. The largest absolute Gasteiger partial charge is 0.458 e. The molecule has 0 unspecified atom stereocenters. The van der Waals surface area contributed by atoms with Crippen LogP contribution in [0.2, 0.25) is 5.02 Å². The topological polar surface area (TPSA) is 113 Å². The molecule has 2 N–H and O–H groups in total. The molecule has 1 saturated heterocycles. The van der Waals surface area contributed by atoms with Crippen molar-refractivity contribution in [3.05, 3.63) is 58.6 Å². The molecule has 8 nitrogen and oxygen atoms in total. The smallest absolute Gasteiger partial charge is 0.303 e. The van der Waals surface area contributed by atoms with E-state index in [1.807, 2.05) is 0 Å². The summed E-state index contributed by atoms with van der Waals surface area (Å²) >= 11 is 5.69. The Morgan fingerprint density at radius 1 is 1.18 bits per heavy atom. The molecule has 12 heteroatoms. The first-order valence-electron chi connectivity index (χ1n) is 9.90. The molecule has 0 saturated carbocycles. The highest BCUT2D eigenvalue weighted by molar-refractivity contribution is 7.89. The Balaban J connectivity index is 1.88. The summed E-state index contributed by atoms with van der Waals surface area (Å²) in [5.74, 6) is -3.22. The zero-order valence-corrected chi connectivity index (χ0v) is 19.0. The van der Waals surface area contributed by atoms with Crippen LogP contribution in [-0.2, 0) is 19.6 Å². The second-order valence-electron chi connectivity index (χ2n) is 7.45. The maximum atomic E-state index is 14.6. The molecule has 3 rings (SSSR count). The van der Waals surface area contributed by atoms with E-state index in [-0.39, 0.29) is 42.2 Å². The predicted octanol–water partition coefficient (Wildman–Crippen LogP) is 2.95. The van der Waals surface area contributed by atoms with Gasteiger partial charge >= 0.3 is 5.97 Å². The lowest BCUT2D eigenvalue weighted by molar-refractivity contribution is -0.152. The summed E-state index contributed by atoms with van der Waals surface area (Å²) in [7, 11) is -4.44. The minimum absolute atomic E-state index is 0.0406. The van der Waals surface area contributed by atoms with Crippen molar-refractivity contribution in [1.29, 1.82) is 0 Å². The maximum Gasteiger partial charge on any atom is 0.303 e. The van der Waals surface area contributed by atoms with Gasteiger partial charge in [0.15, 0.2) is 0 Å². The number of sulfonamides is 1. The van der Waals surface area contributed by atoms with Crippen LogP contribution in [-0.4, -0.2) is 55.0 Å². The molecule has 1 aliphatic rings. The lowest BCUT2D eigenvalue weighted by atomic mass is 10.1. The summed E-state index contributed by atoms with van der Waals surface area (Å²) < 4.78 is 60.2. The molecule has 1 aliphatic heterocycles. The molecule has 1 heterocycles. The number of nitrogens with one attached hydrogen (secondary N) is 1. The molecular formula is C21H21ClF2N2O6S. The number of ether oxygens (including phenoxy) is 1. The van der Waals surface area contributed by atoms with Crippen LogP contribution in [0.5, 0.6) is 0 Å². The van der Waals surface area contributed by atoms with Crippen molar-refractivity contribution < 1.29 is 36.6 Å². The molecule has 1 amide bonds. The highest BCUT2D eigenvalue weighted by Crippen LogP contribution is 2.26. The van der Waals surface area contributed by atoms with E-state index in [1.54, 1.807) is 0 Å². The fourth-order valence-electron chi connectivity index (χ4n) is 3.38. The Hall–Kier alpha value is -2.60. The van der Waals surface area contributed by atoms with E-state index in [1.165, 1.54) is 12.1 Å². The number of carbonyl (C=O) groups is 2. The standard InChI is InChI=1S/C21H21ClF2N2O6S/c1-12(27)32-19-11-26(8-2-3-18(19)28)33(30,31)20-9-13(4-6-17(20)24)21(29)25-14-5-7-16(23)15(22)10-14/h4-7,9-10,18-19,28H,2-3,8,11H2,1H3,(H,25,29)/t18-,19+/m1/s1. The van der Waals surface area contributed by atoms with Gasteiger partial charge in [0.1, 0.15) is 22.6 Å². The van der Waals surface area contributed by atoms with Gasteiger partial charge in [-0.25, -0.2) is 17.2 Å². The van der Waals surface area contributed by atoms with Crippen molar-refractivity contribution >= 4 is 39.2 Å². The van der Waals surface area contributed by atoms with Crippen LogP contribution in [0.1, 0.15) is 30.1 Å². The summed E-state index contributed by atoms with van der Waals surface area (Å²) in [6, 6.07) is 6.31. The molecule has 0 aliphatic carbocycles. The molecule has 0 bridgehead atoms.